The van der Waals surface area contributed by atoms with E-state index in [9.17, 15) is 8.42 Å². The molecule has 2 rings (SSSR count). The first-order valence-corrected chi connectivity index (χ1v) is 7.10. The maximum Gasteiger partial charge on any atom is 0.123 e. The van der Waals surface area contributed by atoms with Gasteiger partial charge in [0, 0.05) is 4.47 Å². The topological polar surface area (TPSA) is 48.2 Å². The van der Waals surface area contributed by atoms with Crippen molar-refractivity contribution in [1.82, 2.24) is 0 Å². The van der Waals surface area contributed by atoms with Gasteiger partial charge in [-0.25, -0.2) is 8.42 Å². The third kappa shape index (κ3) is 3.08. The lowest BCUT2D eigenvalue weighted by Crippen LogP contribution is -1.96. The summed E-state index contributed by atoms with van der Waals surface area (Å²) in [5, 5.41) is 0. The fourth-order valence-electron chi connectivity index (χ4n) is 1.29. The van der Waals surface area contributed by atoms with E-state index in [1.54, 1.807) is 42.5 Å². The maximum atomic E-state index is 11.9. The SMILES string of the molecule is O=S(=O)([N-]c1ccc(Br)cc1)c1ccccc1. The summed E-state index contributed by atoms with van der Waals surface area (Å²) < 4.78 is 28.5. The summed E-state index contributed by atoms with van der Waals surface area (Å²) in [5.74, 6) is 0. The van der Waals surface area contributed by atoms with Gasteiger partial charge in [0.05, 0.1) is 4.90 Å². The van der Waals surface area contributed by atoms with E-state index in [0.29, 0.717) is 5.69 Å². The number of sulfonamides is 1. The lowest BCUT2D eigenvalue weighted by molar-refractivity contribution is 0.603. The van der Waals surface area contributed by atoms with Crippen LogP contribution in [0.1, 0.15) is 0 Å². The van der Waals surface area contributed by atoms with Crippen molar-refractivity contribution in [3.05, 3.63) is 63.8 Å². The predicted molar refractivity (Wildman–Crippen MR) is 70.8 cm³/mol. The highest BCUT2D eigenvalue weighted by Crippen LogP contribution is 2.28. The molecule has 0 fully saturated rings. The van der Waals surface area contributed by atoms with Gasteiger partial charge in [0.2, 0.25) is 0 Å². The summed E-state index contributed by atoms with van der Waals surface area (Å²) in [5.41, 5.74) is 0.414. The normalized spacial score (nSPS) is 11.1. The number of nitrogens with zero attached hydrogens (tertiary/aromatic N) is 1. The van der Waals surface area contributed by atoms with Gasteiger partial charge < -0.3 is 4.72 Å². The van der Waals surface area contributed by atoms with Crippen LogP contribution in [0.2, 0.25) is 0 Å². The molecule has 0 atom stereocenters. The average molecular weight is 311 g/mol. The van der Waals surface area contributed by atoms with Crippen molar-refractivity contribution in [2.45, 2.75) is 4.90 Å². The van der Waals surface area contributed by atoms with Crippen LogP contribution < -0.4 is 0 Å². The first-order valence-electron chi connectivity index (χ1n) is 4.86. The van der Waals surface area contributed by atoms with Crippen LogP contribution in [0.3, 0.4) is 0 Å². The lowest BCUT2D eigenvalue weighted by Gasteiger charge is -2.21. The summed E-state index contributed by atoms with van der Waals surface area (Å²) in [7, 11) is -3.62. The van der Waals surface area contributed by atoms with Crippen molar-refractivity contribution < 1.29 is 8.42 Å². The van der Waals surface area contributed by atoms with Crippen LogP contribution in [0.25, 0.3) is 4.72 Å². The van der Waals surface area contributed by atoms with Crippen molar-refractivity contribution in [3.8, 4) is 0 Å². The molecule has 0 saturated carbocycles. The maximum absolute atomic E-state index is 11.9. The Morgan fingerprint density at radius 1 is 0.882 bits per heavy atom. The lowest BCUT2D eigenvalue weighted by atomic mass is 10.3. The molecule has 0 aromatic heterocycles. The van der Waals surface area contributed by atoms with E-state index >= 15 is 0 Å². The largest absolute Gasteiger partial charge is 0.573 e. The van der Waals surface area contributed by atoms with Crippen LogP contribution >= 0.6 is 15.9 Å². The Hall–Kier alpha value is -1.33. The van der Waals surface area contributed by atoms with Crippen LogP contribution in [-0.4, -0.2) is 8.42 Å². The summed E-state index contributed by atoms with van der Waals surface area (Å²) in [6.07, 6.45) is 0. The molecule has 2 aromatic rings. The minimum atomic E-state index is -3.62. The molecule has 17 heavy (non-hydrogen) atoms. The molecule has 0 aliphatic rings. The fourth-order valence-corrected chi connectivity index (χ4v) is 2.56. The van der Waals surface area contributed by atoms with Gasteiger partial charge >= 0.3 is 0 Å². The van der Waals surface area contributed by atoms with E-state index in [-0.39, 0.29) is 4.90 Å². The molecule has 88 valence electrons. The summed E-state index contributed by atoms with van der Waals surface area (Å²) >= 11 is 3.28. The number of hydrogen-bond donors (Lipinski definition) is 0. The Bertz CT molecular complexity index is 594. The molecule has 0 bridgehead atoms. The monoisotopic (exact) mass is 310 g/mol. The third-order valence-electron chi connectivity index (χ3n) is 2.09. The molecule has 0 unspecified atom stereocenters. The molecule has 5 heteroatoms. The second-order valence-corrected chi connectivity index (χ2v) is 5.88. The minimum Gasteiger partial charge on any atom is -0.573 e. The quantitative estimate of drug-likeness (QED) is 0.864. The zero-order valence-corrected chi connectivity index (χ0v) is 11.1. The van der Waals surface area contributed by atoms with E-state index in [1.807, 2.05) is 0 Å². The molecule has 0 radical (unpaired) electrons. The van der Waals surface area contributed by atoms with E-state index in [0.717, 1.165) is 4.47 Å². The summed E-state index contributed by atoms with van der Waals surface area (Å²) in [6.45, 7) is 0. The van der Waals surface area contributed by atoms with Crippen LogP contribution in [0.4, 0.5) is 5.69 Å². The molecular weight excluding hydrogens is 302 g/mol. The highest BCUT2D eigenvalue weighted by Gasteiger charge is 2.02. The Labute approximate surface area is 109 Å². The average Bonchev–Trinajstić information content (AvgIpc) is 2.33. The molecule has 0 aliphatic heterocycles. The van der Waals surface area contributed by atoms with Gasteiger partial charge in [0.25, 0.3) is 0 Å². The van der Waals surface area contributed by atoms with Crippen molar-refractivity contribution in [3.63, 3.8) is 0 Å². The highest BCUT2D eigenvalue weighted by atomic mass is 79.9. The van der Waals surface area contributed by atoms with Crippen LogP contribution in [0.5, 0.6) is 0 Å². The third-order valence-corrected chi connectivity index (χ3v) is 3.94. The van der Waals surface area contributed by atoms with Gasteiger partial charge in [-0.05, 0) is 24.3 Å². The molecule has 3 nitrogen and oxygen atoms in total. The Morgan fingerprint density at radius 3 is 2.06 bits per heavy atom. The van der Waals surface area contributed by atoms with Gasteiger partial charge in [-0.3, -0.25) is 0 Å². The Morgan fingerprint density at radius 2 is 1.47 bits per heavy atom. The van der Waals surface area contributed by atoms with E-state index in [4.69, 9.17) is 0 Å². The summed E-state index contributed by atoms with van der Waals surface area (Å²) in [4.78, 5) is 0.197. The second-order valence-electron chi connectivity index (χ2n) is 3.36. The highest BCUT2D eigenvalue weighted by molar-refractivity contribution is 9.10. The number of rotatable bonds is 3. The molecule has 2 aromatic carbocycles. The molecule has 0 aliphatic carbocycles. The number of hydrogen-bond acceptors (Lipinski definition) is 2. The molecule has 0 N–H and O–H groups in total. The van der Waals surface area contributed by atoms with Crippen molar-refractivity contribution in [1.29, 1.82) is 0 Å². The van der Waals surface area contributed by atoms with Crippen LogP contribution in [0, 0.1) is 0 Å². The van der Waals surface area contributed by atoms with Gasteiger partial charge in [0.15, 0.2) is 0 Å². The first-order chi connectivity index (χ1) is 8.08. The fraction of sp³-hybridized carbons (Fsp3) is 0. The standard InChI is InChI=1S/C12H9BrNO2S/c13-10-6-8-11(9-7-10)14-17(15,16)12-4-2-1-3-5-12/h1-9H/q-1. The zero-order chi connectivity index (χ0) is 12.3. The zero-order valence-electron chi connectivity index (χ0n) is 8.75. The van der Waals surface area contributed by atoms with Gasteiger partial charge in [-0.1, -0.05) is 46.3 Å². The van der Waals surface area contributed by atoms with Gasteiger partial charge in [0.1, 0.15) is 10.0 Å². The van der Waals surface area contributed by atoms with Crippen LogP contribution in [0.15, 0.2) is 64.0 Å². The second kappa shape index (κ2) is 4.89. The molecule has 0 heterocycles. The van der Waals surface area contributed by atoms with Crippen molar-refractivity contribution in [2.24, 2.45) is 0 Å². The molecule has 0 spiro atoms. The number of halogens is 1. The predicted octanol–water partition coefficient (Wildman–Crippen LogP) is 3.84. The van der Waals surface area contributed by atoms with Crippen molar-refractivity contribution >= 4 is 31.6 Å². The Kier molecular flexibility index (Phi) is 3.49. The van der Waals surface area contributed by atoms with E-state index in [1.165, 1.54) is 12.1 Å². The minimum absolute atomic E-state index is 0.197. The van der Waals surface area contributed by atoms with Crippen molar-refractivity contribution in [2.75, 3.05) is 0 Å². The molecule has 0 saturated heterocycles. The van der Waals surface area contributed by atoms with E-state index in [2.05, 4.69) is 20.7 Å². The van der Waals surface area contributed by atoms with Gasteiger partial charge in [-0.2, -0.15) is 0 Å². The Balaban J connectivity index is 2.27. The van der Waals surface area contributed by atoms with E-state index < -0.39 is 10.0 Å². The summed E-state index contributed by atoms with van der Waals surface area (Å²) in [6, 6.07) is 14.9. The molecule has 0 amide bonds. The molecular formula is C12H9BrNO2S-. The number of benzene rings is 2. The van der Waals surface area contributed by atoms with Crippen LogP contribution in [-0.2, 0) is 10.0 Å². The smallest absolute Gasteiger partial charge is 0.123 e. The first kappa shape index (κ1) is 12.1. The van der Waals surface area contributed by atoms with Gasteiger partial charge in [-0.15, -0.1) is 5.69 Å².